The Kier molecular flexibility index (Phi) is 5.28. The lowest BCUT2D eigenvalue weighted by atomic mass is 10.1. The Hall–Kier alpha value is -2.79. The van der Waals surface area contributed by atoms with Crippen LogP contribution in [0.1, 0.15) is 33.4 Å². The summed E-state index contributed by atoms with van der Waals surface area (Å²) < 4.78 is 0. The monoisotopic (exact) mass is 364 g/mol. The van der Waals surface area contributed by atoms with E-state index >= 15 is 0 Å². The summed E-state index contributed by atoms with van der Waals surface area (Å²) in [7, 11) is 0. The zero-order chi connectivity index (χ0) is 18.7. The summed E-state index contributed by atoms with van der Waals surface area (Å²) >= 11 is 1.54. The average molecular weight is 364 g/mol. The molecule has 0 aliphatic rings. The van der Waals surface area contributed by atoms with Crippen molar-refractivity contribution < 1.29 is 9.59 Å². The molecule has 1 heterocycles. The molecule has 0 saturated heterocycles. The van der Waals surface area contributed by atoms with Crippen LogP contribution in [0.25, 0.3) is 10.6 Å². The van der Waals surface area contributed by atoms with Gasteiger partial charge in [0.15, 0.2) is 5.78 Å². The van der Waals surface area contributed by atoms with E-state index in [9.17, 15) is 9.59 Å². The van der Waals surface area contributed by atoms with E-state index in [1.807, 2.05) is 26.0 Å². The number of amides is 1. The third-order valence-corrected chi connectivity index (χ3v) is 5.27. The number of rotatable bonds is 5. The molecule has 1 amide bonds. The fraction of sp³-hybridized carbons (Fsp3) is 0.190. The van der Waals surface area contributed by atoms with Crippen LogP contribution in [0.15, 0.2) is 48.5 Å². The number of carbonyl (C=O) groups excluding carboxylic acids is 2. The largest absolute Gasteiger partial charge is 0.326 e. The van der Waals surface area contributed by atoms with Crippen molar-refractivity contribution in [2.75, 3.05) is 5.32 Å². The van der Waals surface area contributed by atoms with E-state index in [1.54, 1.807) is 24.3 Å². The standard InChI is InChI=1S/C21H20N2O2S/c1-13-7-9-16(10-8-13)21-22-14(2)19(26-21)12-20(25)23-18-6-4-5-17(11-18)15(3)24/h4-11H,12H2,1-3H3,(H,23,25). The summed E-state index contributed by atoms with van der Waals surface area (Å²) in [5, 5.41) is 3.78. The summed E-state index contributed by atoms with van der Waals surface area (Å²) in [5.74, 6) is -0.143. The second kappa shape index (κ2) is 7.62. The smallest absolute Gasteiger partial charge is 0.229 e. The number of aryl methyl sites for hydroxylation is 2. The first-order valence-electron chi connectivity index (χ1n) is 8.36. The molecular formula is C21H20N2O2S. The van der Waals surface area contributed by atoms with Gasteiger partial charge in [-0.15, -0.1) is 11.3 Å². The number of benzene rings is 2. The second-order valence-corrected chi connectivity index (χ2v) is 7.34. The van der Waals surface area contributed by atoms with E-state index in [4.69, 9.17) is 0 Å². The van der Waals surface area contributed by atoms with Crippen molar-refractivity contribution in [1.82, 2.24) is 4.98 Å². The minimum atomic E-state index is -0.118. The van der Waals surface area contributed by atoms with Gasteiger partial charge in [0.2, 0.25) is 5.91 Å². The lowest BCUT2D eigenvalue weighted by molar-refractivity contribution is -0.115. The van der Waals surface area contributed by atoms with Crippen LogP contribution in [0.4, 0.5) is 5.69 Å². The maximum Gasteiger partial charge on any atom is 0.229 e. The highest BCUT2D eigenvalue weighted by Gasteiger charge is 2.13. The summed E-state index contributed by atoms with van der Waals surface area (Å²) in [5.41, 5.74) is 4.35. The van der Waals surface area contributed by atoms with Gasteiger partial charge in [-0.1, -0.05) is 42.0 Å². The number of hydrogen-bond donors (Lipinski definition) is 1. The average Bonchev–Trinajstić information content (AvgIpc) is 2.96. The molecule has 0 fully saturated rings. The molecular weight excluding hydrogens is 344 g/mol. The minimum absolute atomic E-state index is 0.0258. The number of thiazole rings is 1. The van der Waals surface area contributed by atoms with Crippen LogP contribution in [0.5, 0.6) is 0 Å². The van der Waals surface area contributed by atoms with Gasteiger partial charge >= 0.3 is 0 Å². The number of carbonyl (C=O) groups is 2. The van der Waals surface area contributed by atoms with Crippen molar-refractivity contribution in [2.45, 2.75) is 27.2 Å². The number of nitrogens with one attached hydrogen (secondary N) is 1. The first kappa shape index (κ1) is 18.0. The lowest BCUT2D eigenvalue weighted by Gasteiger charge is -2.06. The van der Waals surface area contributed by atoms with Crippen molar-refractivity contribution >= 4 is 28.7 Å². The molecule has 132 valence electrons. The van der Waals surface area contributed by atoms with Crippen LogP contribution in [0, 0.1) is 13.8 Å². The summed E-state index contributed by atoms with van der Waals surface area (Å²) in [6.07, 6.45) is 0.264. The molecule has 1 aromatic heterocycles. The van der Waals surface area contributed by atoms with Gasteiger partial charge in [-0.05, 0) is 32.9 Å². The molecule has 4 nitrogen and oxygen atoms in total. The maximum absolute atomic E-state index is 12.4. The van der Waals surface area contributed by atoms with Crippen molar-refractivity contribution in [1.29, 1.82) is 0 Å². The predicted molar refractivity (Wildman–Crippen MR) is 106 cm³/mol. The molecule has 3 rings (SSSR count). The molecule has 0 atom stereocenters. The molecule has 0 radical (unpaired) electrons. The normalized spacial score (nSPS) is 10.6. The van der Waals surface area contributed by atoms with Crippen LogP contribution in [-0.4, -0.2) is 16.7 Å². The van der Waals surface area contributed by atoms with Crippen LogP contribution in [0.2, 0.25) is 0 Å². The first-order valence-corrected chi connectivity index (χ1v) is 9.18. The molecule has 3 aromatic rings. The number of hydrogen-bond acceptors (Lipinski definition) is 4. The Morgan fingerprint density at radius 1 is 1.08 bits per heavy atom. The van der Waals surface area contributed by atoms with E-state index < -0.39 is 0 Å². The molecule has 0 spiro atoms. The quantitative estimate of drug-likeness (QED) is 0.661. The van der Waals surface area contributed by atoms with Gasteiger partial charge in [-0.3, -0.25) is 9.59 Å². The molecule has 1 N–H and O–H groups in total. The number of anilines is 1. The molecule has 0 bridgehead atoms. The van der Waals surface area contributed by atoms with Gasteiger partial charge in [-0.2, -0.15) is 0 Å². The molecule has 5 heteroatoms. The fourth-order valence-corrected chi connectivity index (χ4v) is 3.65. The minimum Gasteiger partial charge on any atom is -0.326 e. The highest BCUT2D eigenvalue weighted by molar-refractivity contribution is 7.15. The van der Waals surface area contributed by atoms with Gasteiger partial charge < -0.3 is 5.32 Å². The van der Waals surface area contributed by atoms with Gasteiger partial charge in [-0.25, -0.2) is 4.98 Å². The van der Waals surface area contributed by atoms with Crippen molar-refractivity contribution in [3.05, 3.63) is 70.2 Å². The van der Waals surface area contributed by atoms with E-state index in [2.05, 4.69) is 22.4 Å². The maximum atomic E-state index is 12.4. The number of nitrogens with zero attached hydrogens (tertiary/aromatic N) is 1. The topological polar surface area (TPSA) is 59.1 Å². The van der Waals surface area contributed by atoms with E-state index in [0.717, 1.165) is 21.1 Å². The summed E-state index contributed by atoms with van der Waals surface area (Å²) in [6.45, 7) is 5.48. The Labute approximate surface area is 156 Å². The molecule has 0 aliphatic carbocycles. The molecule has 26 heavy (non-hydrogen) atoms. The predicted octanol–water partition coefficient (Wildman–Crippen LogP) is 4.81. The van der Waals surface area contributed by atoms with Crippen molar-refractivity contribution in [3.8, 4) is 10.6 Å². The Morgan fingerprint density at radius 3 is 2.50 bits per heavy atom. The zero-order valence-electron chi connectivity index (χ0n) is 15.0. The second-order valence-electron chi connectivity index (χ2n) is 6.26. The van der Waals surface area contributed by atoms with Gasteiger partial charge in [0.1, 0.15) is 5.01 Å². The third kappa shape index (κ3) is 4.24. The van der Waals surface area contributed by atoms with E-state index in [-0.39, 0.29) is 18.1 Å². The van der Waals surface area contributed by atoms with Crippen LogP contribution in [-0.2, 0) is 11.2 Å². The molecule has 0 saturated carbocycles. The molecule has 0 unspecified atom stereocenters. The lowest BCUT2D eigenvalue weighted by Crippen LogP contribution is -2.14. The third-order valence-electron chi connectivity index (χ3n) is 4.07. The van der Waals surface area contributed by atoms with E-state index in [1.165, 1.54) is 23.8 Å². The van der Waals surface area contributed by atoms with Crippen LogP contribution < -0.4 is 5.32 Å². The van der Waals surface area contributed by atoms with Crippen LogP contribution >= 0.6 is 11.3 Å². The first-order chi connectivity index (χ1) is 12.4. The van der Waals surface area contributed by atoms with E-state index in [0.29, 0.717) is 11.3 Å². The van der Waals surface area contributed by atoms with Crippen molar-refractivity contribution in [3.63, 3.8) is 0 Å². The zero-order valence-corrected chi connectivity index (χ0v) is 15.8. The Morgan fingerprint density at radius 2 is 1.81 bits per heavy atom. The highest BCUT2D eigenvalue weighted by Crippen LogP contribution is 2.28. The number of Topliss-reactive ketones (excluding diaryl/α,β-unsaturated/α-hetero) is 1. The fourth-order valence-electron chi connectivity index (χ4n) is 2.58. The summed E-state index contributed by atoms with van der Waals surface area (Å²) in [4.78, 5) is 29.4. The Balaban J connectivity index is 1.72. The highest BCUT2D eigenvalue weighted by atomic mass is 32.1. The van der Waals surface area contributed by atoms with Gasteiger partial charge in [0.05, 0.1) is 12.1 Å². The van der Waals surface area contributed by atoms with Crippen LogP contribution in [0.3, 0.4) is 0 Å². The summed E-state index contributed by atoms with van der Waals surface area (Å²) in [6, 6.07) is 15.2. The van der Waals surface area contributed by atoms with Gasteiger partial charge in [0, 0.05) is 21.7 Å². The Bertz CT molecular complexity index is 958. The van der Waals surface area contributed by atoms with Gasteiger partial charge in [0.25, 0.3) is 0 Å². The molecule has 0 aliphatic heterocycles. The SMILES string of the molecule is CC(=O)c1cccc(NC(=O)Cc2sc(-c3ccc(C)cc3)nc2C)c1. The van der Waals surface area contributed by atoms with Crippen molar-refractivity contribution in [2.24, 2.45) is 0 Å². The number of ketones is 1. The number of aromatic nitrogens is 1. The molecule has 2 aromatic carbocycles.